The fraction of sp³-hybridized carbons (Fsp3) is 0.125. The number of primary amides is 1. The Kier molecular flexibility index (Phi) is 4.63. The van der Waals surface area contributed by atoms with Gasteiger partial charge in [-0.25, -0.2) is 4.79 Å². The number of benzene rings is 2. The molecule has 2 aromatic rings. The minimum atomic E-state index is -0.642. The molecule has 0 saturated carbocycles. The second-order valence-corrected chi connectivity index (χ2v) is 4.93. The van der Waals surface area contributed by atoms with Crippen LogP contribution in [0.15, 0.2) is 48.5 Å². The topological polar surface area (TPSA) is 87.5 Å². The zero-order valence-electron chi connectivity index (χ0n) is 12.5. The van der Waals surface area contributed by atoms with Crippen molar-refractivity contribution in [3.05, 3.63) is 54.1 Å². The first-order chi connectivity index (χ1) is 10.5. The molecule has 6 nitrogen and oxygen atoms in total. The van der Waals surface area contributed by atoms with E-state index in [1.54, 1.807) is 24.3 Å². The van der Waals surface area contributed by atoms with E-state index >= 15 is 0 Å². The highest BCUT2D eigenvalue weighted by atomic mass is 16.2. The molecule has 0 aliphatic carbocycles. The van der Waals surface area contributed by atoms with E-state index in [2.05, 4.69) is 10.6 Å². The predicted octanol–water partition coefficient (Wildman–Crippen LogP) is 2.50. The van der Waals surface area contributed by atoms with E-state index in [9.17, 15) is 9.59 Å². The van der Waals surface area contributed by atoms with Crippen LogP contribution < -0.4 is 21.3 Å². The molecule has 0 fully saturated rings. The third kappa shape index (κ3) is 3.76. The molecule has 0 spiro atoms. The average molecular weight is 298 g/mol. The molecule has 0 heterocycles. The van der Waals surface area contributed by atoms with Gasteiger partial charge in [0.1, 0.15) is 0 Å². The summed E-state index contributed by atoms with van der Waals surface area (Å²) in [6, 6.07) is 13.4. The Hall–Kier alpha value is -3.02. The van der Waals surface area contributed by atoms with Gasteiger partial charge in [-0.15, -0.1) is 0 Å². The van der Waals surface area contributed by atoms with Crippen molar-refractivity contribution in [2.75, 3.05) is 29.6 Å². The van der Waals surface area contributed by atoms with Gasteiger partial charge in [-0.2, -0.15) is 0 Å². The van der Waals surface area contributed by atoms with E-state index in [1.165, 1.54) is 0 Å². The smallest absolute Gasteiger partial charge is 0.316 e. The lowest BCUT2D eigenvalue weighted by Gasteiger charge is -2.17. The fourth-order valence-corrected chi connectivity index (χ4v) is 2.01. The number of anilines is 3. The number of para-hydroxylation sites is 2. The largest absolute Gasteiger partial charge is 0.376 e. The van der Waals surface area contributed by atoms with Crippen LogP contribution in [0.1, 0.15) is 10.4 Å². The third-order valence-electron chi connectivity index (χ3n) is 3.05. The Balaban J connectivity index is 2.14. The van der Waals surface area contributed by atoms with Crippen LogP contribution in [-0.4, -0.2) is 26.0 Å². The van der Waals surface area contributed by atoms with Crippen molar-refractivity contribution in [1.82, 2.24) is 0 Å². The Labute approximate surface area is 128 Å². The number of nitrogens with one attached hydrogen (secondary N) is 2. The van der Waals surface area contributed by atoms with Crippen molar-refractivity contribution in [2.45, 2.75) is 0 Å². The Morgan fingerprint density at radius 3 is 2.18 bits per heavy atom. The molecule has 114 valence electrons. The minimum absolute atomic E-state index is 0.222. The molecule has 2 rings (SSSR count). The number of carbonyl (C=O) groups excluding carboxylic acids is 2. The number of hydrogen-bond acceptors (Lipinski definition) is 3. The summed E-state index contributed by atoms with van der Waals surface area (Å²) in [5, 5.41) is 5.32. The van der Waals surface area contributed by atoms with Gasteiger partial charge in [0.15, 0.2) is 0 Å². The third-order valence-corrected chi connectivity index (χ3v) is 3.05. The molecule has 0 saturated heterocycles. The van der Waals surface area contributed by atoms with Crippen molar-refractivity contribution in [1.29, 1.82) is 0 Å². The van der Waals surface area contributed by atoms with Gasteiger partial charge in [-0.05, 0) is 36.4 Å². The molecule has 0 bridgehead atoms. The van der Waals surface area contributed by atoms with Gasteiger partial charge in [0.05, 0.1) is 11.4 Å². The van der Waals surface area contributed by atoms with E-state index in [0.717, 1.165) is 11.4 Å². The van der Waals surface area contributed by atoms with Gasteiger partial charge >= 0.3 is 6.03 Å². The van der Waals surface area contributed by atoms with Crippen LogP contribution >= 0.6 is 0 Å². The predicted molar refractivity (Wildman–Crippen MR) is 88.4 cm³/mol. The molecule has 0 aromatic heterocycles. The summed E-state index contributed by atoms with van der Waals surface area (Å²) in [4.78, 5) is 25.0. The second-order valence-electron chi connectivity index (χ2n) is 4.93. The van der Waals surface area contributed by atoms with Crippen molar-refractivity contribution >= 4 is 29.0 Å². The number of rotatable bonds is 4. The zero-order valence-corrected chi connectivity index (χ0v) is 12.5. The molecule has 3 amide bonds. The van der Waals surface area contributed by atoms with E-state index in [-0.39, 0.29) is 5.91 Å². The summed E-state index contributed by atoms with van der Waals surface area (Å²) in [6.45, 7) is 0. The number of nitrogens with zero attached hydrogens (tertiary/aromatic N) is 1. The van der Waals surface area contributed by atoms with E-state index in [4.69, 9.17) is 5.73 Å². The maximum absolute atomic E-state index is 12.3. The number of urea groups is 1. The van der Waals surface area contributed by atoms with Gasteiger partial charge in [0.25, 0.3) is 5.91 Å². The van der Waals surface area contributed by atoms with Gasteiger partial charge in [0, 0.05) is 25.3 Å². The lowest BCUT2D eigenvalue weighted by Crippen LogP contribution is -2.19. The molecule has 6 heteroatoms. The van der Waals surface area contributed by atoms with Crippen LogP contribution in [0, 0.1) is 0 Å². The van der Waals surface area contributed by atoms with Crippen molar-refractivity contribution in [3.8, 4) is 0 Å². The SMILES string of the molecule is CN(C)c1ccccc1NC(=O)c1ccc(NC(N)=O)cc1. The molecule has 0 aliphatic rings. The molecule has 2 aromatic carbocycles. The summed E-state index contributed by atoms with van der Waals surface area (Å²) in [5.74, 6) is -0.222. The lowest BCUT2D eigenvalue weighted by molar-refractivity contribution is 0.102. The molecule has 4 N–H and O–H groups in total. The summed E-state index contributed by atoms with van der Waals surface area (Å²) < 4.78 is 0. The van der Waals surface area contributed by atoms with E-state index in [1.807, 2.05) is 43.3 Å². The molecular weight excluding hydrogens is 280 g/mol. The van der Waals surface area contributed by atoms with Gasteiger partial charge in [-0.3, -0.25) is 4.79 Å². The minimum Gasteiger partial charge on any atom is -0.376 e. The highest BCUT2D eigenvalue weighted by Crippen LogP contribution is 2.24. The number of amides is 3. The molecule has 0 unspecified atom stereocenters. The van der Waals surface area contributed by atoms with Crippen LogP contribution in [0.2, 0.25) is 0 Å². The van der Waals surface area contributed by atoms with E-state index < -0.39 is 6.03 Å². The highest BCUT2D eigenvalue weighted by molar-refractivity contribution is 6.06. The molecule has 0 atom stereocenters. The van der Waals surface area contributed by atoms with Crippen LogP contribution in [0.3, 0.4) is 0 Å². The Bertz CT molecular complexity index is 681. The maximum atomic E-state index is 12.3. The summed E-state index contributed by atoms with van der Waals surface area (Å²) in [5.41, 5.74) is 7.72. The van der Waals surface area contributed by atoms with E-state index in [0.29, 0.717) is 11.3 Å². The number of hydrogen-bond donors (Lipinski definition) is 3. The van der Waals surface area contributed by atoms with Crippen molar-refractivity contribution < 1.29 is 9.59 Å². The molecular formula is C16H18N4O2. The standard InChI is InChI=1S/C16H18N4O2/c1-20(2)14-6-4-3-5-13(14)19-15(21)11-7-9-12(10-8-11)18-16(17)22/h3-10H,1-2H3,(H,19,21)(H3,17,18,22). The Morgan fingerprint density at radius 1 is 0.955 bits per heavy atom. The molecule has 0 aliphatic heterocycles. The quantitative estimate of drug-likeness (QED) is 0.810. The first-order valence-corrected chi connectivity index (χ1v) is 6.71. The lowest BCUT2D eigenvalue weighted by atomic mass is 10.1. The molecule has 22 heavy (non-hydrogen) atoms. The van der Waals surface area contributed by atoms with Gasteiger partial charge in [0.2, 0.25) is 0 Å². The second kappa shape index (κ2) is 6.62. The summed E-state index contributed by atoms with van der Waals surface area (Å²) in [6.07, 6.45) is 0. The number of carbonyl (C=O) groups is 2. The van der Waals surface area contributed by atoms with Crippen LogP contribution in [0.5, 0.6) is 0 Å². The molecule has 0 radical (unpaired) electrons. The van der Waals surface area contributed by atoms with Gasteiger partial charge < -0.3 is 21.3 Å². The first-order valence-electron chi connectivity index (χ1n) is 6.71. The van der Waals surface area contributed by atoms with Crippen molar-refractivity contribution in [2.24, 2.45) is 5.73 Å². The van der Waals surface area contributed by atoms with Gasteiger partial charge in [-0.1, -0.05) is 12.1 Å². The van der Waals surface area contributed by atoms with Crippen LogP contribution in [-0.2, 0) is 0 Å². The number of nitrogens with two attached hydrogens (primary N) is 1. The normalized spacial score (nSPS) is 9.91. The maximum Gasteiger partial charge on any atom is 0.316 e. The van der Waals surface area contributed by atoms with Crippen molar-refractivity contribution in [3.63, 3.8) is 0 Å². The van der Waals surface area contributed by atoms with Crippen LogP contribution in [0.4, 0.5) is 21.9 Å². The van der Waals surface area contributed by atoms with Crippen LogP contribution in [0.25, 0.3) is 0 Å². The average Bonchev–Trinajstić information content (AvgIpc) is 2.47. The Morgan fingerprint density at radius 2 is 1.59 bits per heavy atom. The summed E-state index contributed by atoms with van der Waals surface area (Å²) >= 11 is 0. The first kappa shape index (κ1) is 15.4. The summed E-state index contributed by atoms with van der Waals surface area (Å²) in [7, 11) is 3.82. The monoisotopic (exact) mass is 298 g/mol. The zero-order chi connectivity index (χ0) is 16.1. The fourth-order valence-electron chi connectivity index (χ4n) is 2.01. The highest BCUT2D eigenvalue weighted by Gasteiger charge is 2.10.